The van der Waals surface area contributed by atoms with Crippen molar-refractivity contribution in [2.45, 2.75) is 17.7 Å². The summed E-state index contributed by atoms with van der Waals surface area (Å²) in [6.07, 6.45) is 2.87. The fourth-order valence-electron chi connectivity index (χ4n) is 1.91. The number of nitrogens with one attached hydrogen (secondary N) is 1. The van der Waals surface area contributed by atoms with Gasteiger partial charge in [0.05, 0.1) is 0 Å². The number of pyridine rings is 1. The van der Waals surface area contributed by atoms with E-state index in [-0.39, 0.29) is 10.6 Å². The zero-order chi connectivity index (χ0) is 15.1. The molecule has 0 amide bonds. The van der Waals surface area contributed by atoms with Gasteiger partial charge >= 0.3 is 0 Å². The molecule has 5 nitrogen and oxygen atoms in total. The van der Waals surface area contributed by atoms with Gasteiger partial charge in [-0.3, -0.25) is 0 Å². The van der Waals surface area contributed by atoms with Gasteiger partial charge in [0.1, 0.15) is 11.0 Å². The van der Waals surface area contributed by atoms with E-state index in [0.717, 1.165) is 12.0 Å². The number of aryl methyl sites for hydroxylation is 1. The molecule has 2 rings (SSSR count). The summed E-state index contributed by atoms with van der Waals surface area (Å²) in [5.41, 5.74) is 1.07. The Kier molecular flexibility index (Phi) is 5.04. The van der Waals surface area contributed by atoms with E-state index in [2.05, 4.69) is 9.71 Å². The van der Waals surface area contributed by atoms with Crippen LogP contribution < -0.4 is 4.72 Å². The second kappa shape index (κ2) is 6.97. The molecule has 108 valence electrons. The van der Waals surface area contributed by atoms with Crippen molar-refractivity contribution >= 4 is 10.0 Å². The van der Waals surface area contributed by atoms with Gasteiger partial charge in [0.2, 0.25) is 10.0 Å². The van der Waals surface area contributed by atoms with Crippen molar-refractivity contribution in [1.29, 1.82) is 5.26 Å². The van der Waals surface area contributed by atoms with Gasteiger partial charge in [-0.1, -0.05) is 30.3 Å². The van der Waals surface area contributed by atoms with E-state index in [4.69, 9.17) is 5.26 Å². The molecule has 1 heterocycles. The zero-order valence-electron chi connectivity index (χ0n) is 11.4. The van der Waals surface area contributed by atoms with Crippen molar-refractivity contribution in [3.05, 3.63) is 59.9 Å². The number of rotatable bonds is 6. The number of nitrogens with zero attached hydrogens (tertiary/aromatic N) is 2. The third-order valence-corrected chi connectivity index (χ3v) is 4.44. The van der Waals surface area contributed by atoms with Gasteiger partial charge in [-0.15, -0.1) is 0 Å². The van der Waals surface area contributed by atoms with E-state index >= 15 is 0 Å². The molecule has 0 spiro atoms. The minimum Gasteiger partial charge on any atom is -0.244 e. The van der Waals surface area contributed by atoms with Crippen molar-refractivity contribution in [3.8, 4) is 6.07 Å². The Bertz CT molecular complexity index is 737. The molecule has 0 saturated carbocycles. The lowest BCUT2D eigenvalue weighted by Crippen LogP contribution is -2.26. The topological polar surface area (TPSA) is 82.8 Å². The molecule has 0 saturated heterocycles. The molecule has 0 unspecified atom stereocenters. The Morgan fingerprint density at radius 3 is 2.62 bits per heavy atom. The Morgan fingerprint density at radius 1 is 1.14 bits per heavy atom. The summed E-state index contributed by atoms with van der Waals surface area (Å²) in [5.74, 6) is 0. The molecular formula is C15H15N3O2S. The highest BCUT2D eigenvalue weighted by atomic mass is 32.2. The first-order valence-electron chi connectivity index (χ1n) is 6.52. The summed E-state index contributed by atoms with van der Waals surface area (Å²) in [5, 5.41) is 8.90. The molecule has 21 heavy (non-hydrogen) atoms. The first-order chi connectivity index (χ1) is 10.1. The van der Waals surface area contributed by atoms with Crippen LogP contribution in [0.5, 0.6) is 0 Å². The molecule has 0 aliphatic carbocycles. The molecule has 2 aromatic rings. The molecule has 1 aromatic heterocycles. The van der Waals surface area contributed by atoms with E-state index in [1.54, 1.807) is 6.07 Å². The third-order valence-electron chi connectivity index (χ3n) is 2.94. The van der Waals surface area contributed by atoms with E-state index < -0.39 is 10.0 Å². The summed E-state index contributed by atoms with van der Waals surface area (Å²) in [6.45, 7) is 0.316. The number of sulfonamides is 1. The average molecular weight is 301 g/mol. The van der Waals surface area contributed by atoms with Gasteiger partial charge in [-0.25, -0.2) is 18.1 Å². The lowest BCUT2D eigenvalue weighted by Gasteiger charge is -2.07. The lowest BCUT2D eigenvalue weighted by molar-refractivity contribution is 0.578. The van der Waals surface area contributed by atoms with Crippen LogP contribution in [0.15, 0.2) is 53.6 Å². The van der Waals surface area contributed by atoms with Gasteiger partial charge < -0.3 is 0 Å². The minimum atomic E-state index is -3.69. The fourth-order valence-corrected chi connectivity index (χ4v) is 3.09. The summed E-state index contributed by atoms with van der Waals surface area (Å²) in [6, 6.07) is 14.5. The SMILES string of the molecule is N#Cc1ncccc1S(=O)(=O)NCCCc1ccccc1. The summed E-state index contributed by atoms with van der Waals surface area (Å²) in [7, 11) is -3.69. The van der Waals surface area contributed by atoms with E-state index in [0.29, 0.717) is 13.0 Å². The number of aromatic nitrogens is 1. The van der Waals surface area contributed by atoms with Crippen LogP contribution in [0.3, 0.4) is 0 Å². The highest BCUT2D eigenvalue weighted by Crippen LogP contribution is 2.11. The maximum atomic E-state index is 12.1. The molecule has 0 atom stereocenters. The smallest absolute Gasteiger partial charge is 0.243 e. The van der Waals surface area contributed by atoms with Crippen LogP contribution in [-0.2, 0) is 16.4 Å². The normalized spacial score (nSPS) is 11.0. The Balaban J connectivity index is 1.95. The molecule has 0 radical (unpaired) electrons. The average Bonchev–Trinajstić information content (AvgIpc) is 2.52. The van der Waals surface area contributed by atoms with Crippen molar-refractivity contribution < 1.29 is 8.42 Å². The van der Waals surface area contributed by atoms with Crippen molar-refractivity contribution in [2.24, 2.45) is 0 Å². The Morgan fingerprint density at radius 2 is 1.90 bits per heavy atom. The molecule has 0 fully saturated rings. The summed E-state index contributed by atoms with van der Waals surface area (Å²) >= 11 is 0. The van der Waals surface area contributed by atoms with Crippen LogP contribution >= 0.6 is 0 Å². The molecule has 1 aromatic carbocycles. The molecular weight excluding hydrogens is 286 g/mol. The van der Waals surface area contributed by atoms with Gasteiger partial charge in [0, 0.05) is 12.7 Å². The maximum absolute atomic E-state index is 12.1. The standard InChI is InChI=1S/C15H15N3O2S/c16-12-14-15(9-5-10-17-14)21(19,20)18-11-4-8-13-6-2-1-3-7-13/h1-3,5-7,9-10,18H,4,8,11H2. The van der Waals surface area contributed by atoms with Crippen LogP contribution in [0.4, 0.5) is 0 Å². The van der Waals surface area contributed by atoms with Gasteiger partial charge in [0.15, 0.2) is 5.69 Å². The lowest BCUT2D eigenvalue weighted by atomic mass is 10.1. The first-order valence-corrected chi connectivity index (χ1v) is 8.00. The largest absolute Gasteiger partial charge is 0.244 e. The fraction of sp³-hybridized carbons (Fsp3) is 0.200. The number of nitriles is 1. The zero-order valence-corrected chi connectivity index (χ0v) is 12.2. The van der Waals surface area contributed by atoms with Crippen LogP contribution in [-0.4, -0.2) is 19.9 Å². The molecule has 6 heteroatoms. The molecule has 0 aliphatic rings. The quantitative estimate of drug-likeness (QED) is 0.826. The van der Waals surface area contributed by atoms with Crippen molar-refractivity contribution in [3.63, 3.8) is 0 Å². The first kappa shape index (κ1) is 15.2. The second-order valence-corrected chi connectivity index (χ2v) is 6.18. The number of hydrogen-bond acceptors (Lipinski definition) is 4. The highest BCUT2D eigenvalue weighted by Gasteiger charge is 2.18. The predicted molar refractivity (Wildman–Crippen MR) is 78.9 cm³/mol. The maximum Gasteiger partial charge on any atom is 0.243 e. The summed E-state index contributed by atoms with van der Waals surface area (Å²) in [4.78, 5) is 3.68. The van der Waals surface area contributed by atoms with Crippen molar-refractivity contribution in [2.75, 3.05) is 6.54 Å². The summed E-state index contributed by atoms with van der Waals surface area (Å²) < 4.78 is 26.7. The van der Waals surface area contributed by atoms with E-state index in [1.807, 2.05) is 30.3 Å². The van der Waals surface area contributed by atoms with Gasteiger partial charge in [0.25, 0.3) is 0 Å². The molecule has 0 bridgehead atoms. The van der Waals surface area contributed by atoms with E-state index in [9.17, 15) is 8.42 Å². The minimum absolute atomic E-state index is 0.0767. The Labute approximate surface area is 124 Å². The Hall–Kier alpha value is -2.23. The highest BCUT2D eigenvalue weighted by molar-refractivity contribution is 7.89. The van der Waals surface area contributed by atoms with Crippen LogP contribution in [0.1, 0.15) is 17.7 Å². The van der Waals surface area contributed by atoms with Crippen LogP contribution in [0.2, 0.25) is 0 Å². The van der Waals surface area contributed by atoms with E-state index in [1.165, 1.54) is 18.3 Å². The predicted octanol–water partition coefficient (Wildman–Crippen LogP) is 1.86. The van der Waals surface area contributed by atoms with Gasteiger partial charge in [-0.2, -0.15) is 5.26 Å². The third kappa shape index (κ3) is 4.12. The van der Waals surface area contributed by atoms with Crippen LogP contribution in [0.25, 0.3) is 0 Å². The molecule has 0 aliphatic heterocycles. The molecule has 1 N–H and O–H groups in total. The number of hydrogen-bond donors (Lipinski definition) is 1. The number of benzene rings is 1. The monoisotopic (exact) mass is 301 g/mol. The van der Waals surface area contributed by atoms with Gasteiger partial charge in [-0.05, 0) is 30.5 Å². The van der Waals surface area contributed by atoms with Crippen LogP contribution in [0, 0.1) is 11.3 Å². The second-order valence-electron chi connectivity index (χ2n) is 4.45. The van der Waals surface area contributed by atoms with Crippen molar-refractivity contribution in [1.82, 2.24) is 9.71 Å².